The molecule has 3 aliphatic rings. The molecule has 3 N–H and O–H groups in total. The molecule has 5 rings (SSSR count). The van der Waals surface area contributed by atoms with Gasteiger partial charge in [-0.05, 0) is 75.7 Å². The molecule has 3 saturated heterocycles. The second-order valence-corrected chi connectivity index (χ2v) is 13.3. The first-order valence-electron chi connectivity index (χ1n) is 14.2. The van der Waals surface area contributed by atoms with Crippen molar-refractivity contribution in [2.24, 2.45) is 11.8 Å². The number of carbonyl (C=O) groups excluding carboxylic acids is 3. The number of β-amino-alcohol motifs (C(OH)–C–C–N with tert-alkyl or cyclic N) is 1. The van der Waals surface area contributed by atoms with Crippen LogP contribution in [0.15, 0.2) is 48.5 Å². The summed E-state index contributed by atoms with van der Waals surface area (Å²) in [5.41, 5.74) is 2.32. The van der Waals surface area contributed by atoms with Crippen molar-refractivity contribution in [3.05, 3.63) is 48.5 Å². The first-order valence-corrected chi connectivity index (χ1v) is 16.0. The van der Waals surface area contributed by atoms with Gasteiger partial charge < -0.3 is 30.3 Å². The molecule has 3 unspecified atom stereocenters. The third-order valence-electron chi connectivity index (χ3n) is 8.38. The van der Waals surface area contributed by atoms with Gasteiger partial charge in [0.15, 0.2) is 0 Å². The smallest absolute Gasteiger partial charge is 0.248 e. The van der Waals surface area contributed by atoms with Crippen LogP contribution in [0.3, 0.4) is 0 Å². The van der Waals surface area contributed by atoms with Crippen molar-refractivity contribution in [2.75, 3.05) is 48.4 Å². The number of halogens is 1. The van der Waals surface area contributed by atoms with Crippen LogP contribution in [0.4, 0.5) is 17.1 Å². The fourth-order valence-corrected chi connectivity index (χ4v) is 10.3. The molecule has 2 aromatic rings. The van der Waals surface area contributed by atoms with Crippen LogP contribution in [0.5, 0.6) is 5.75 Å². The Morgan fingerprint density at radius 3 is 2.24 bits per heavy atom. The number of hydrogen-bond donors (Lipinski definition) is 3. The van der Waals surface area contributed by atoms with E-state index >= 15 is 0 Å². The number of anilines is 3. The predicted octanol–water partition coefficient (Wildman–Crippen LogP) is 3.97. The Morgan fingerprint density at radius 2 is 1.66 bits per heavy atom. The maximum absolute atomic E-state index is 13.9. The Bertz CT molecular complexity index is 1270. The molecule has 3 aliphatic heterocycles. The van der Waals surface area contributed by atoms with E-state index in [2.05, 4.69) is 45.3 Å². The van der Waals surface area contributed by atoms with E-state index in [1.54, 1.807) is 36.0 Å². The molecule has 0 saturated carbocycles. The number of hydrogen-bond acceptors (Lipinski definition) is 7. The van der Waals surface area contributed by atoms with Gasteiger partial charge in [0.1, 0.15) is 11.8 Å². The molecule has 0 aromatic heterocycles. The molecule has 3 heterocycles. The van der Waals surface area contributed by atoms with Crippen LogP contribution in [-0.2, 0) is 14.4 Å². The number of rotatable bonds is 11. The van der Waals surface area contributed by atoms with Gasteiger partial charge >= 0.3 is 0 Å². The van der Waals surface area contributed by atoms with Crippen molar-refractivity contribution in [3.63, 3.8) is 0 Å². The van der Waals surface area contributed by atoms with E-state index in [1.165, 1.54) is 4.90 Å². The average Bonchev–Trinajstić information content (AvgIpc) is 3.55. The Kier molecular flexibility index (Phi) is 8.87. The van der Waals surface area contributed by atoms with Gasteiger partial charge in [-0.15, -0.1) is 11.8 Å². The fourth-order valence-electron chi connectivity index (χ4n) is 6.66. The highest BCUT2D eigenvalue weighted by atomic mass is 79.9. The number of alkyl halides is 1. The van der Waals surface area contributed by atoms with Crippen LogP contribution in [0.2, 0.25) is 0 Å². The molecule has 3 amide bonds. The van der Waals surface area contributed by atoms with Crippen LogP contribution < -0.4 is 20.3 Å². The van der Waals surface area contributed by atoms with Crippen LogP contribution in [0.1, 0.15) is 27.2 Å². The predicted molar refractivity (Wildman–Crippen MR) is 166 cm³/mol. The van der Waals surface area contributed by atoms with E-state index in [9.17, 15) is 19.5 Å². The standard InChI is InChI=1S/C30H37BrN4O5S/c1-4-34(5-2)20-11-7-18(8-12-20)33-28(38)26-30-17-22(31)25(41-30)23(24(30)29(39)35(26)15-16-36)27(37)32-19-9-13-21(14-10-19)40-6-3/h7-14,22-26,36H,4-6,15-17H2,1-3H3,(H,32,37)(H,33,38)/t22?,23-,24-,25-,26?,30?/m0/s1. The van der Waals surface area contributed by atoms with E-state index in [0.29, 0.717) is 30.2 Å². The lowest BCUT2D eigenvalue weighted by molar-refractivity contribution is -0.138. The Labute approximate surface area is 253 Å². The third-order valence-corrected chi connectivity index (χ3v) is 11.6. The summed E-state index contributed by atoms with van der Waals surface area (Å²) in [4.78, 5) is 45.2. The molecule has 0 aliphatic carbocycles. The van der Waals surface area contributed by atoms with Crippen molar-refractivity contribution < 1.29 is 24.2 Å². The van der Waals surface area contributed by atoms with Gasteiger partial charge in [0.25, 0.3) is 0 Å². The Balaban J connectivity index is 1.39. The third kappa shape index (κ3) is 5.32. The van der Waals surface area contributed by atoms with Gasteiger partial charge in [0.05, 0.1) is 29.8 Å². The summed E-state index contributed by atoms with van der Waals surface area (Å²) >= 11 is 5.34. The Hall–Kier alpha value is -2.76. The first kappa shape index (κ1) is 29.7. The number of carbonyl (C=O) groups is 3. The summed E-state index contributed by atoms with van der Waals surface area (Å²) in [5.74, 6) is -1.37. The molecule has 9 nitrogen and oxygen atoms in total. The van der Waals surface area contributed by atoms with E-state index in [-0.39, 0.29) is 41.0 Å². The summed E-state index contributed by atoms with van der Waals surface area (Å²) in [5, 5.41) is 15.7. The molecule has 220 valence electrons. The molecule has 6 atom stereocenters. The molecular weight excluding hydrogens is 608 g/mol. The lowest BCUT2D eigenvalue weighted by atomic mass is 9.70. The topological polar surface area (TPSA) is 111 Å². The quantitative estimate of drug-likeness (QED) is 0.318. The van der Waals surface area contributed by atoms with Gasteiger partial charge in [-0.25, -0.2) is 0 Å². The summed E-state index contributed by atoms with van der Waals surface area (Å²) in [6, 6.07) is 14.0. The Morgan fingerprint density at radius 1 is 1.05 bits per heavy atom. The lowest BCUT2D eigenvalue weighted by Gasteiger charge is -2.35. The minimum Gasteiger partial charge on any atom is -0.494 e. The van der Waals surface area contributed by atoms with Crippen LogP contribution >= 0.6 is 27.7 Å². The number of fused-ring (bicyclic) bond motifs is 1. The zero-order valence-corrected chi connectivity index (χ0v) is 25.9. The molecule has 0 radical (unpaired) electrons. The molecule has 3 fully saturated rings. The number of thioether (sulfide) groups is 1. The van der Waals surface area contributed by atoms with Gasteiger partial charge in [-0.3, -0.25) is 14.4 Å². The summed E-state index contributed by atoms with van der Waals surface area (Å²) < 4.78 is 4.71. The average molecular weight is 646 g/mol. The number of likely N-dealkylation sites (tertiary alicyclic amines) is 1. The monoisotopic (exact) mass is 644 g/mol. The van der Waals surface area contributed by atoms with Crippen molar-refractivity contribution >= 4 is 62.5 Å². The lowest BCUT2D eigenvalue weighted by Crippen LogP contribution is -2.53. The maximum Gasteiger partial charge on any atom is 0.248 e. The highest BCUT2D eigenvalue weighted by Gasteiger charge is 2.75. The SMILES string of the molecule is CCOc1ccc(NC(=O)[C@H]2[C@H]3C(=O)N(CCO)C(C(=O)Nc4ccc(N(CC)CC)cc4)C34CC(Br)[C@@H]2S4)cc1. The number of aliphatic hydroxyl groups is 1. The second-order valence-electron chi connectivity index (χ2n) is 10.6. The van der Waals surface area contributed by atoms with Crippen LogP contribution in [0.25, 0.3) is 0 Å². The fraction of sp³-hybridized carbons (Fsp3) is 0.500. The van der Waals surface area contributed by atoms with Gasteiger partial charge in [0, 0.05) is 46.8 Å². The molecule has 2 bridgehead atoms. The molecular formula is C30H37BrN4O5S. The van der Waals surface area contributed by atoms with Crippen molar-refractivity contribution in [3.8, 4) is 5.75 Å². The minimum absolute atomic E-state index is 0.0292. The van der Waals surface area contributed by atoms with Gasteiger partial charge in [0.2, 0.25) is 17.7 Å². The second kappa shape index (κ2) is 12.2. The van der Waals surface area contributed by atoms with E-state index in [4.69, 9.17) is 4.74 Å². The van der Waals surface area contributed by atoms with Crippen LogP contribution in [-0.4, -0.2) is 81.4 Å². The highest BCUT2D eigenvalue weighted by molar-refractivity contribution is 9.09. The molecule has 1 spiro atoms. The summed E-state index contributed by atoms with van der Waals surface area (Å²) in [6.07, 6.45) is 0.576. The number of nitrogens with one attached hydrogen (secondary N) is 2. The van der Waals surface area contributed by atoms with E-state index < -0.39 is 22.6 Å². The zero-order valence-electron chi connectivity index (χ0n) is 23.5. The number of ether oxygens (including phenoxy) is 1. The van der Waals surface area contributed by atoms with Gasteiger partial charge in [-0.2, -0.15) is 0 Å². The molecule has 41 heavy (non-hydrogen) atoms. The maximum atomic E-state index is 13.9. The summed E-state index contributed by atoms with van der Waals surface area (Å²) in [7, 11) is 0. The molecule has 2 aromatic carbocycles. The summed E-state index contributed by atoms with van der Waals surface area (Å²) in [6.45, 7) is 8.17. The van der Waals surface area contributed by atoms with E-state index in [0.717, 1.165) is 18.8 Å². The van der Waals surface area contributed by atoms with E-state index in [1.807, 2.05) is 31.2 Å². The first-order chi connectivity index (χ1) is 19.8. The normalized spacial score (nSPS) is 28.0. The van der Waals surface area contributed by atoms with Crippen LogP contribution in [0, 0.1) is 11.8 Å². The number of benzene rings is 2. The van der Waals surface area contributed by atoms with Gasteiger partial charge in [-0.1, -0.05) is 15.9 Å². The van der Waals surface area contributed by atoms with Crippen molar-refractivity contribution in [1.82, 2.24) is 4.90 Å². The highest BCUT2D eigenvalue weighted by Crippen LogP contribution is 2.67. The minimum atomic E-state index is -0.812. The number of nitrogens with zero attached hydrogens (tertiary/aromatic N) is 2. The number of aliphatic hydroxyl groups excluding tert-OH is 1. The number of amides is 3. The molecule has 11 heteroatoms. The largest absolute Gasteiger partial charge is 0.494 e. The van der Waals surface area contributed by atoms with Crippen molar-refractivity contribution in [2.45, 2.75) is 48.1 Å². The van der Waals surface area contributed by atoms with Crippen molar-refractivity contribution in [1.29, 1.82) is 0 Å². The zero-order chi connectivity index (χ0) is 29.3.